The lowest BCUT2D eigenvalue weighted by Crippen LogP contribution is -2.40. The van der Waals surface area contributed by atoms with Gasteiger partial charge in [-0.15, -0.1) is 0 Å². The predicted octanol–water partition coefficient (Wildman–Crippen LogP) is 1.46. The third kappa shape index (κ3) is 3.02. The topological polar surface area (TPSA) is 29.1 Å². The summed E-state index contributed by atoms with van der Waals surface area (Å²) in [5.41, 5.74) is 0. The van der Waals surface area contributed by atoms with Crippen LogP contribution in [0, 0.1) is 11.8 Å². The fraction of sp³-hybridized carbons (Fsp3) is 0.889. The number of carbonyl (C=O) groups is 1. The second-order valence-corrected chi connectivity index (χ2v) is 3.57. The molecule has 0 saturated carbocycles. The standard InChI is InChI=1S/C9H19NO/c1-6(2)8(10-5)9(11)7(3)4/h6-8,10H,1-5H3/t8-/m0/s1. The molecule has 0 amide bonds. The highest BCUT2D eigenvalue weighted by Gasteiger charge is 2.21. The van der Waals surface area contributed by atoms with Crippen LogP contribution in [0.3, 0.4) is 0 Å². The minimum Gasteiger partial charge on any atom is -0.310 e. The summed E-state index contributed by atoms with van der Waals surface area (Å²) in [6.07, 6.45) is 0. The number of hydrogen-bond acceptors (Lipinski definition) is 2. The summed E-state index contributed by atoms with van der Waals surface area (Å²) in [5, 5.41) is 3.03. The van der Waals surface area contributed by atoms with Crippen LogP contribution >= 0.6 is 0 Å². The molecule has 0 spiro atoms. The average Bonchev–Trinajstić information content (AvgIpc) is 1.88. The lowest BCUT2D eigenvalue weighted by molar-refractivity contribution is -0.124. The maximum Gasteiger partial charge on any atom is 0.152 e. The monoisotopic (exact) mass is 157 g/mol. The molecule has 0 aromatic carbocycles. The second kappa shape index (κ2) is 4.50. The molecule has 2 nitrogen and oxygen atoms in total. The van der Waals surface area contributed by atoms with Crippen LogP contribution in [0.4, 0.5) is 0 Å². The Balaban J connectivity index is 4.15. The van der Waals surface area contributed by atoms with Crippen molar-refractivity contribution in [3.05, 3.63) is 0 Å². The van der Waals surface area contributed by atoms with Crippen LogP contribution in [0.5, 0.6) is 0 Å². The molecule has 1 atom stereocenters. The van der Waals surface area contributed by atoms with Crippen molar-refractivity contribution in [1.82, 2.24) is 5.32 Å². The Kier molecular flexibility index (Phi) is 4.34. The Morgan fingerprint density at radius 2 is 1.64 bits per heavy atom. The van der Waals surface area contributed by atoms with E-state index in [-0.39, 0.29) is 12.0 Å². The summed E-state index contributed by atoms with van der Waals surface area (Å²) < 4.78 is 0. The Morgan fingerprint density at radius 3 is 1.73 bits per heavy atom. The Morgan fingerprint density at radius 1 is 1.18 bits per heavy atom. The van der Waals surface area contributed by atoms with E-state index >= 15 is 0 Å². The van der Waals surface area contributed by atoms with E-state index < -0.39 is 0 Å². The van der Waals surface area contributed by atoms with Gasteiger partial charge in [0.1, 0.15) is 0 Å². The lowest BCUT2D eigenvalue weighted by Gasteiger charge is -2.20. The molecular weight excluding hydrogens is 138 g/mol. The summed E-state index contributed by atoms with van der Waals surface area (Å²) in [5.74, 6) is 0.826. The summed E-state index contributed by atoms with van der Waals surface area (Å²) >= 11 is 0. The highest BCUT2D eigenvalue weighted by atomic mass is 16.1. The molecule has 1 N–H and O–H groups in total. The van der Waals surface area contributed by atoms with E-state index in [4.69, 9.17) is 0 Å². The van der Waals surface area contributed by atoms with Gasteiger partial charge >= 0.3 is 0 Å². The van der Waals surface area contributed by atoms with Gasteiger partial charge in [-0.25, -0.2) is 0 Å². The number of nitrogens with one attached hydrogen (secondary N) is 1. The summed E-state index contributed by atoms with van der Waals surface area (Å²) in [6, 6.07) is 0.0231. The van der Waals surface area contributed by atoms with Crippen molar-refractivity contribution in [3.8, 4) is 0 Å². The molecule has 0 rings (SSSR count). The van der Waals surface area contributed by atoms with Crippen LogP contribution < -0.4 is 5.32 Å². The van der Waals surface area contributed by atoms with Crippen molar-refractivity contribution in [2.75, 3.05) is 7.05 Å². The predicted molar refractivity (Wildman–Crippen MR) is 47.5 cm³/mol. The van der Waals surface area contributed by atoms with Crippen LogP contribution in [0.15, 0.2) is 0 Å². The quantitative estimate of drug-likeness (QED) is 0.669. The molecular formula is C9H19NO. The lowest BCUT2D eigenvalue weighted by atomic mass is 9.93. The Labute approximate surface area is 69.4 Å². The zero-order valence-corrected chi connectivity index (χ0v) is 8.14. The first-order valence-corrected chi connectivity index (χ1v) is 4.21. The number of carbonyl (C=O) groups excluding carboxylic acids is 1. The zero-order valence-electron chi connectivity index (χ0n) is 8.14. The molecule has 0 heterocycles. The third-order valence-electron chi connectivity index (χ3n) is 1.85. The van der Waals surface area contributed by atoms with Gasteiger partial charge in [0.05, 0.1) is 6.04 Å². The maximum absolute atomic E-state index is 11.5. The first-order valence-electron chi connectivity index (χ1n) is 4.21. The fourth-order valence-electron chi connectivity index (χ4n) is 1.16. The van der Waals surface area contributed by atoms with Crippen molar-refractivity contribution in [3.63, 3.8) is 0 Å². The largest absolute Gasteiger partial charge is 0.310 e. The van der Waals surface area contributed by atoms with E-state index in [0.29, 0.717) is 11.7 Å². The van der Waals surface area contributed by atoms with Crippen molar-refractivity contribution in [1.29, 1.82) is 0 Å². The first-order chi connectivity index (χ1) is 5.00. The number of rotatable bonds is 4. The van der Waals surface area contributed by atoms with Crippen LogP contribution in [-0.2, 0) is 4.79 Å². The number of Topliss-reactive ketones (excluding diaryl/α,β-unsaturated/α-hetero) is 1. The van der Waals surface area contributed by atoms with E-state index in [2.05, 4.69) is 19.2 Å². The molecule has 0 saturated heterocycles. The fourth-order valence-corrected chi connectivity index (χ4v) is 1.16. The minimum atomic E-state index is 0.0231. The van der Waals surface area contributed by atoms with Crippen LogP contribution in [0.2, 0.25) is 0 Å². The van der Waals surface area contributed by atoms with Gasteiger partial charge in [0.15, 0.2) is 5.78 Å². The normalized spacial score (nSPS) is 14.1. The number of likely N-dealkylation sites (N-methyl/N-ethyl adjacent to an activating group) is 1. The first kappa shape index (κ1) is 10.6. The third-order valence-corrected chi connectivity index (χ3v) is 1.85. The van der Waals surface area contributed by atoms with E-state index in [1.807, 2.05) is 20.9 Å². The molecule has 0 aromatic heterocycles. The van der Waals surface area contributed by atoms with E-state index in [1.54, 1.807) is 0 Å². The molecule has 0 radical (unpaired) electrons. The highest BCUT2D eigenvalue weighted by Crippen LogP contribution is 2.07. The molecule has 0 aliphatic heterocycles. The van der Waals surface area contributed by atoms with Crippen LogP contribution in [0.1, 0.15) is 27.7 Å². The molecule has 11 heavy (non-hydrogen) atoms. The molecule has 0 bridgehead atoms. The number of ketones is 1. The van der Waals surface area contributed by atoms with Gasteiger partial charge in [-0.2, -0.15) is 0 Å². The van der Waals surface area contributed by atoms with E-state index in [9.17, 15) is 4.79 Å². The maximum atomic E-state index is 11.5. The van der Waals surface area contributed by atoms with Gasteiger partial charge in [-0.1, -0.05) is 27.7 Å². The summed E-state index contributed by atoms with van der Waals surface area (Å²) in [7, 11) is 1.84. The van der Waals surface area contributed by atoms with Gasteiger partial charge in [-0.05, 0) is 13.0 Å². The molecule has 0 unspecified atom stereocenters. The van der Waals surface area contributed by atoms with Crippen molar-refractivity contribution in [2.24, 2.45) is 11.8 Å². The molecule has 0 fully saturated rings. The van der Waals surface area contributed by atoms with Crippen molar-refractivity contribution in [2.45, 2.75) is 33.7 Å². The van der Waals surface area contributed by atoms with E-state index in [0.717, 1.165) is 0 Å². The molecule has 66 valence electrons. The van der Waals surface area contributed by atoms with Crippen molar-refractivity contribution < 1.29 is 4.79 Å². The van der Waals surface area contributed by atoms with Gasteiger partial charge in [-0.3, -0.25) is 4.79 Å². The molecule has 0 aliphatic carbocycles. The van der Waals surface area contributed by atoms with Gasteiger partial charge in [0.2, 0.25) is 0 Å². The van der Waals surface area contributed by atoms with Gasteiger partial charge < -0.3 is 5.32 Å². The molecule has 0 aliphatic rings. The van der Waals surface area contributed by atoms with E-state index in [1.165, 1.54) is 0 Å². The second-order valence-electron chi connectivity index (χ2n) is 3.57. The highest BCUT2D eigenvalue weighted by molar-refractivity contribution is 5.85. The SMILES string of the molecule is CN[C@H](C(=O)C(C)C)C(C)C. The van der Waals surface area contributed by atoms with Crippen LogP contribution in [0.25, 0.3) is 0 Å². The zero-order chi connectivity index (χ0) is 9.02. The van der Waals surface area contributed by atoms with Gasteiger partial charge in [0.25, 0.3) is 0 Å². The average molecular weight is 157 g/mol. The van der Waals surface area contributed by atoms with Crippen molar-refractivity contribution >= 4 is 5.78 Å². The Bertz CT molecular complexity index is 130. The Hall–Kier alpha value is -0.370. The van der Waals surface area contributed by atoms with Gasteiger partial charge in [0, 0.05) is 5.92 Å². The smallest absolute Gasteiger partial charge is 0.152 e. The molecule has 2 heteroatoms. The summed E-state index contributed by atoms with van der Waals surface area (Å²) in [4.78, 5) is 11.5. The van der Waals surface area contributed by atoms with Crippen LogP contribution in [-0.4, -0.2) is 18.9 Å². The summed E-state index contributed by atoms with van der Waals surface area (Å²) in [6.45, 7) is 7.99. The molecule has 0 aromatic rings. The minimum absolute atomic E-state index is 0.0231. The number of hydrogen-bond donors (Lipinski definition) is 1.